The van der Waals surface area contributed by atoms with E-state index in [9.17, 15) is 18.0 Å². The van der Waals surface area contributed by atoms with Crippen LogP contribution in [0.2, 0.25) is 0 Å². The number of urea groups is 1. The number of pyridine rings is 1. The number of nitrogens with zero attached hydrogens (tertiary/aromatic N) is 4. The zero-order valence-electron chi connectivity index (χ0n) is 15.3. The molecular weight excluding hydrogens is 383 g/mol. The van der Waals surface area contributed by atoms with E-state index in [2.05, 4.69) is 15.4 Å². The molecule has 0 saturated heterocycles. The normalized spacial score (nSPS) is 13.9. The molecule has 0 radical (unpaired) electrons. The number of hydrogen-bond acceptors (Lipinski definition) is 3. The van der Waals surface area contributed by atoms with Crippen LogP contribution >= 0.6 is 0 Å². The van der Waals surface area contributed by atoms with Crippen molar-refractivity contribution in [2.45, 2.75) is 31.6 Å². The lowest BCUT2D eigenvalue weighted by molar-refractivity contribution is -0.137. The summed E-state index contributed by atoms with van der Waals surface area (Å²) in [4.78, 5) is 18.8. The second-order valence-corrected chi connectivity index (χ2v) is 6.79. The highest BCUT2D eigenvalue weighted by molar-refractivity contribution is 5.92. The Morgan fingerprint density at radius 3 is 2.62 bits per heavy atom. The third-order valence-corrected chi connectivity index (χ3v) is 4.62. The van der Waals surface area contributed by atoms with Crippen molar-refractivity contribution in [1.82, 2.24) is 19.7 Å². The number of rotatable bonds is 5. The zero-order valence-corrected chi connectivity index (χ0v) is 15.3. The zero-order chi connectivity index (χ0) is 20.4. The maximum atomic E-state index is 13.2. The quantitative estimate of drug-likeness (QED) is 0.686. The molecule has 1 aliphatic rings. The summed E-state index contributed by atoms with van der Waals surface area (Å²) in [6.45, 7) is 0.285. The molecule has 2 amide bonds. The van der Waals surface area contributed by atoms with Crippen LogP contribution in [0.25, 0.3) is 5.69 Å². The monoisotopic (exact) mass is 401 g/mol. The fraction of sp³-hybridized carbons (Fsp3) is 0.250. The first-order valence-corrected chi connectivity index (χ1v) is 9.10. The van der Waals surface area contributed by atoms with Crippen molar-refractivity contribution >= 4 is 11.7 Å². The Kier molecular flexibility index (Phi) is 4.96. The number of carbonyl (C=O) groups is 1. The van der Waals surface area contributed by atoms with Crippen LogP contribution in [0.5, 0.6) is 0 Å². The van der Waals surface area contributed by atoms with E-state index in [-0.39, 0.29) is 18.3 Å². The molecule has 29 heavy (non-hydrogen) atoms. The van der Waals surface area contributed by atoms with Crippen molar-refractivity contribution in [3.8, 4) is 5.69 Å². The van der Waals surface area contributed by atoms with E-state index >= 15 is 0 Å². The summed E-state index contributed by atoms with van der Waals surface area (Å²) >= 11 is 0. The molecule has 0 unspecified atom stereocenters. The summed E-state index contributed by atoms with van der Waals surface area (Å²) in [7, 11) is 0. The number of hydrogen-bond donors (Lipinski definition) is 1. The minimum atomic E-state index is -4.52. The van der Waals surface area contributed by atoms with Crippen molar-refractivity contribution in [2.75, 3.05) is 5.32 Å². The highest BCUT2D eigenvalue weighted by Gasteiger charge is 2.34. The summed E-state index contributed by atoms with van der Waals surface area (Å²) in [5, 5.41) is 6.72. The van der Waals surface area contributed by atoms with Gasteiger partial charge < -0.3 is 10.2 Å². The Labute approximate surface area is 165 Å². The van der Waals surface area contributed by atoms with Gasteiger partial charge in [0.1, 0.15) is 0 Å². The van der Waals surface area contributed by atoms with Gasteiger partial charge in [0.15, 0.2) is 0 Å². The first-order chi connectivity index (χ1) is 13.9. The topological polar surface area (TPSA) is 63.1 Å². The lowest BCUT2D eigenvalue weighted by Gasteiger charge is -2.23. The molecule has 1 aromatic carbocycles. The molecule has 9 heteroatoms. The molecular formula is C20H18F3N5O. The summed E-state index contributed by atoms with van der Waals surface area (Å²) < 4.78 is 41.0. The van der Waals surface area contributed by atoms with Crippen LogP contribution in [0.15, 0.2) is 61.1 Å². The maximum Gasteiger partial charge on any atom is 0.416 e. The van der Waals surface area contributed by atoms with E-state index in [0.29, 0.717) is 11.4 Å². The van der Waals surface area contributed by atoms with Crippen LogP contribution < -0.4 is 5.32 Å². The van der Waals surface area contributed by atoms with Crippen molar-refractivity contribution in [1.29, 1.82) is 0 Å². The van der Waals surface area contributed by atoms with E-state index in [4.69, 9.17) is 0 Å². The van der Waals surface area contributed by atoms with Gasteiger partial charge in [0, 0.05) is 24.6 Å². The number of aromatic nitrogens is 3. The second-order valence-electron chi connectivity index (χ2n) is 6.79. The number of benzene rings is 1. The number of amides is 2. The van der Waals surface area contributed by atoms with Gasteiger partial charge in [-0.2, -0.15) is 18.3 Å². The fourth-order valence-corrected chi connectivity index (χ4v) is 3.03. The van der Waals surface area contributed by atoms with Crippen LogP contribution in [0.4, 0.5) is 23.7 Å². The third kappa shape index (κ3) is 4.39. The molecule has 0 spiro atoms. The van der Waals surface area contributed by atoms with Gasteiger partial charge in [0.25, 0.3) is 0 Å². The van der Waals surface area contributed by atoms with Gasteiger partial charge in [-0.15, -0.1) is 0 Å². The molecule has 4 rings (SSSR count). The molecule has 1 fully saturated rings. The third-order valence-electron chi connectivity index (χ3n) is 4.62. The number of alkyl halides is 3. The largest absolute Gasteiger partial charge is 0.416 e. The Morgan fingerprint density at radius 1 is 1.17 bits per heavy atom. The van der Waals surface area contributed by atoms with E-state index in [1.165, 1.54) is 16.9 Å². The summed E-state index contributed by atoms with van der Waals surface area (Å²) in [5.74, 6) is 0. The van der Waals surface area contributed by atoms with Gasteiger partial charge in [-0.1, -0.05) is 6.07 Å². The number of halogens is 3. The minimum Gasteiger partial charge on any atom is -0.316 e. The summed E-state index contributed by atoms with van der Waals surface area (Å²) in [6, 6.07) is 9.86. The lowest BCUT2D eigenvalue weighted by atomic mass is 10.1. The van der Waals surface area contributed by atoms with E-state index in [0.717, 1.165) is 25.0 Å². The highest BCUT2D eigenvalue weighted by Crippen LogP contribution is 2.34. The predicted molar refractivity (Wildman–Crippen MR) is 100 cm³/mol. The molecule has 2 heterocycles. The average Bonchev–Trinajstić information content (AvgIpc) is 3.39. The fourth-order valence-electron chi connectivity index (χ4n) is 3.03. The lowest BCUT2D eigenvalue weighted by Crippen LogP contribution is -2.36. The molecule has 2 aromatic heterocycles. The summed E-state index contributed by atoms with van der Waals surface area (Å²) in [5.41, 5.74) is 0.266. The molecule has 0 aliphatic heterocycles. The number of carbonyl (C=O) groups excluding carboxylic acids is 1. The van der Waals surface area contributed by atoms with Gasteiger partial charge >= 0.3 is 12.2 Å². The minimum absolute atomic E-state index is 0.0418. The molecule has 0 atom stereocenters. The summed E-state index contributed by atoms with van der Waals surface area (Å²) in [6.07, 6.45) is 1.95. The maximum absolute atomic E-state index is 13.2. The molecule has 1 aliphatic carbocycles. The van der Waals surface area contributed by atoms with Gasteiger partial charge in [-0.3, -0.25) is 4.98 Å². The first kappa shape index (κ1) is 19.0. The van der Waals surface area contributed by atoms with Gasteiger partial charge in [0.2, 0.25) is 0 Å². The smallest absolute Gasteiger partial charge is 0.316 e. The standard InChI is InChI=1S/C20H18F3N5O/c21-20(22,23)14-5-8-18(28-11-3-10-25-28)17(12-14)26-19(29)27(16-6-7-16)13-15-4-1-2-9-24-15/h1-5,8-12,16H,6-7,13H2,(H,26,29). The van der Waals surface area contributed by atoms with Crippen LogP contribution in [0, 0.1) is 0 Å². The Hall–Kier alpha value is -3.36. The van der Waals surface area contributed by atoms with Crippen molar-refractivity contribution < 1.29 is 18.0 Å². The first-order valence-electron chi connectivity index (χ1n) is 9.10. The molecule has 0 bridgehead atoms. The second kappa shape index (κ2) is 7.57. The predicted octanol–water partition coefficient (Wildman–Crippen LogP) is 4.48. The van der Waals surface area contributed by atoms with Crippen LogP contribution in [-0.4, -0.2) is 31.7 Å². The van der Waals surface area contributed by atoms with Crippen molar-refractivity contribution in [2.24, 2.45) is 0 Å². The Balaban J connectivity index is 1.63. The van der Waals surface area contributed by atoms with Gasteiger partial charge in [-0.25, -0.2) is 9.48 Å². The highest BCUT2D eigenvalue weighted by atomic mass is 19.4. The molecule has 3 aromatic rings. The van der Waals surface area contributed by atoms with Gasteiger partial charge in [-0.05, 0) is 49.2 Å². The number of anilines is 1. The van der Waals surface area contributed by atoms with Gasteiger partial charge in [0.05, 0.1) is 29.2 Å². The average molecular weight is 401 g/mol. The van der Waals surface area contributed by atoms with Crippen molar-refractivity contribution in [3.05, 3.63) is 72.3 Å². The SMILES string of the molecule is O=C(Nc1cc(C(F)(F)F)ccc1-n1cccn1)N(Cc1ccccn1)C1CC1. The Morgan fingerprint density at radius 2 is 2.00 bits per heavy atom. The van der Waals surface area contributed by atoms with E-state index in [1.807, 2.05) is 12.1 Å². The molecule has 1 saturated carbocycles. The Bertz CT molecular complexity index is 985. The van der Waals surface area contributed by atoms with Crippen LogP contribution in [0.1, 0.15) is 24.1 Å². The van der Waals surface area contributed by atoms with E-state index < -0.39 is 17.8 Å². The van der Waals surface area contributed by atoms with Crippen LogP contribution in [-0.2, 0) is 12.7 Å². The molecule has 150 valence electrons. The van der Waals surface area contributed by atoms with Crippen LogP contribution in [0.3, 0.4) is 0 Å². The number of nitrogens with one attached hydrogen (secondary N) is 1. The molecule has 6 nitrogen and oxygen atoms in total. The van der Waals surface area contributed by atoms with E-state index in [1.54, 1.807) is 29.4 Å². The van der Waals surface area contributed by atoms with Crippen molar-refractivity contribution in [3.63, 3.8) is 0 Å². The molecule has 1 N–H and O–H groups in total.